The van der Waals surface area contributed by atoms with Gasteiger partial charge in [-0.2, -0.15) is 0 Å². The zero-order valence-electron chi connectivity index (χ0n) is 8.23. The summed E-state index contributed by atoms with van der Waals surface area (Å²) in [5.41, 5.74) is 1.01. The second-order valence-corrected chi connectivity index (χ2v) is 3.09. The molecule has 0 radical (unpaired) electrons. The molecule has 2 N–H and O–H groups in total. The molecule has 0 aromatic carbocycles. The standard InChI is InChI=1S/C9H15N3O2/c1-2-12(4-3-9(13)14)6-8-5-10-7-11-8/h5,7H,2-4,6H2,1H3,(H,10,11)(H,13,14). The number of aromatic nitrogens is 2. The maximum absolute atomic E-state index is 10.4. The fraction of sp³-hybridized carbons (Fsp3) is 0.556. The summed E-state index contributed by atoms with van der Waals surface area (Å²) in [4.78, 5) is 19.3. The van der Waals surface area contributed by atoms with Crippen LogP contribution in [0.1, 0.15) is 19.0 Å². The lowest BCUT2D eigenvalue weighted by atomic mass is 10.3. The summed E-state index contributed by atoms with van der Waals surface area (Å²) in [7, 11) is 0. The number of nitrogens with one attached hydrogen (secondary N) is 1. The van der Waals surface area contributed by atoms with Gasteiger partial charge in [0, 0.05) is 25.0 Å². The van der Waals surface area contributed by atoms with Gasteiger partial charge in [0.05, 0.1) is 12.7 Å². The van der Waals surface area contributed by atoms with Crippen LogP contribution >= 0.6 is 0 Å². The third-order valence-corrected chi connectivity index (χ3v) is 2.04. The molecule has 1 aromatic rings. The Morgan fingerprint density at radius 1 is 1.71 bits per heavy atom. The monoisotopic (exact) mass is 197 g/mol. The number of hydrogen-bond donors (Lipinski definition) is 2. The lowest BCUT2D eigenvalue weighted by Gasteiger charge is -2.17. The molecule has 0 aliphatic heterocycles. The van der Waals surface area contributed by atoms with Gasteiger partial charge in [-0.05, 0) is 6.54 Å². The SMILES string of the molecule is CCN(CCC(=O)O)Cc1cnc[nH]1. The van der Waals surface area contributed by atoms with Crippen molar-refractivity contribution >= 4 is 5.97 Å². The van der Waals surface area contributed by atoms with Gasteiger partial charge in [0.15, 0.2) is 0 Å². The van der Waals surface area contributed by atoms with Crippen LogP contribution in [0.15, 0.2) is 12.5 Å². The van der Waals surface area contributed by atoms with E-state index in [0.717, 1.165) is 18.8 Å². The number of imidazole rings is 1. The van der Waals surface area contributed by atoms with Crippen molar-refractivity contribution in [2.24, 2.45) is 0 Å². The first-order valence-corrected chi connectivity index (χ1v) is 4.63. The highest BCUT2D eigenvalue weighted by Crippen LogP contribution is 2.00. The molecule has 0 unspecified atom stereocenters. The Balaban J connectivity index is 2.35. The van der Waals surface area contributed by atoms with Crippen molar-refractivity contribution in [3.63, 3.8) is 0 Å². The van der Waals surface area contributed by atoms with Gasteiger partial charge in [-0.1, -0.05) is 6.92 Å². The fourth-order valence-electron chi connectivity index (χ4n) is 1.21. The molecule has 78 valence electrons. The zero-order chi connectivity index (χ0) is 10.4. The molecule has 1 rings (SSSR count). The maximum Gasteiger partial charge on any atom is 0.304 e. The Morgan fingerprint density at radius 3 is 3.00 bits per heavy atom. The lowest BCUT2D eigenvalue weighted by Crippen LogP contribution is -2.25. The Hall–Kier alpha value is -1.36. The van der Waals surface area contributed by atoms with Crippen LogP contribution in [-0.4, -0.2) is 39.0 Å². The molecule has 0 saturated carbocycles. The van der Waals surface area contributed by atoms with E-state index in [2.05, 4.69) is 14.9 Å². The Kier molecular flexibility index (Phi) is 4.12. The van der Waals surface area contributed by atoms with E-state index in [0.29, 0.717) is 6.54 Å². The molecule has 1 heterocycles. The topological polar surface area (TPSA) is 69.2 Å². The number of H-pyrrole nitrogens is 1. The molecule has 0 fully saturated rings. The molecular weight excluding hydrogens is 182 g/mol. The summed E-state index contributed by atoms with van der Waals surface area (Å²) in [5.74, 6) is -0.756. The van der Waals surface area contributed by atoms with Crippen molar-refractivity contribution in [1.29, 1.82) is 0 Å². The smallest absolute Gasteiger partial charge is 0.304 e. The predicted molar refractivity (Wildman–Crippen MR) is 51.8 cm³/mol. The largest absolute Gasteiger partial charge is 0.481 e. The number of carboxylic acids is 1. The average molecular weight is 197 g/mol. The first-order chi connectivity index (χ1) is 6.72. The van der Waals surface area contributed by atoms with E-state index in [9.17, 15) is 4.79 Å². The molecule has 0 aliphatic carbocycles. The zero-order valence-corrected chi connectivity index (χ0v) is 8.23. The predicted octanol–water partition coefficient (Wildman–Crippen LogP) is 0.706. The molecule has 0 aliphatic rings. The van der Waals surface area contributed by atoms with Crippen molar-refractivity contribution in [2.75, 3.05) is 13.1 Å². The molecule has 5 heteroatoms. The summed E-state index contributed by atoms with van der Waals surface area (Å²) < 4.78 is 0. The van der Waals surface area contributed by atoms with Crippen LogP contribution in [0.5, 0.6) is 0 Å². The van der Waals surface area contributed by atoms with Crippen LogP contribution in [0.3, 0.4) is 0 Å². The second kappa shape index (κ2) is 5.39. The second-order valence-electron chi connectivity index (χ2n) is 3.09. The summed E-state index contributed by atoms with van der Waals surface area (Å²) in [6.07, 6.45) is 3.56. The number of carboxylic acid groups (broad SMARTS) is 1. The van der Waals surface area contributed by atoms with Crippen LogP contribution in [-0.2, 0) is 11.3 Å². The maximum atomic E-state index is 10.4. The molecule has 14 heavy (non-hydrogen) atoms. The van der Waals surface area contributed by atoms with Crippen molar-refractivity contribution in [1.82, 2.24) is 14.9 Å². The van der Waals surface area contributed by atoms with Crippen LogP contribution in [0.2, 0.25) is 0 Å². The van der Waals surface area contributed by atoms with E-state index in [1.165, 1.54) is 0 Å². The van der Waals surface area contributed by atoms with Crippen LogP contribution in [0.4, 0.5) is 0 Å². The fourth-order valence-corrected chi connectivity index (χ4v) is 1.21. The average Bonchev–Trinajstić information content (AvgIpc) is 2.64. The minimum Gasteiger partial charge on any atom is -0.481 e. The van der Waals surface area contributed by atoms with Crippen LogP contribution in [0.25, 0.3) is 0 Å². The molecule has 0 spiro atoms. The summed E-state index contributed by atoms with van der Waals surface area (Å²) in [6.45, 7) is 4.15. The third-order valence-electron chi connectivity index (χ3n) is 2.04. The van der Waals surface area contributed by atoms with Gasteiger partial charge >= 0.3 is 5.97 Å². The number of aromatic amines is 1. The minimum absolute atomic E-state index is 0.183. The quantitative estimate of drug-likeness (QED) is 0.704. The molecule has 0 atom stereocenters. The van der Waals surface area contributed by atoms with Crippen molar-refractivity contribution in [3.8, 4) is 0 Å². The minimum atomic E-state index is -0.756. The Morgan fingerprint density at radius 2 is 2.50 bits per heavy atom. The van der Waals surface area contributed by atoms with E-state index in [-0.39, 0.29) is 6.42 Å². The lowest BCUT2D eigenvalue weighted by molar-refractivity contribution is -0.137. The number of rotatable bonds is 6. The molecule has 0 saturated heterocycles. The van der Waals surface area contributed by atoms with Gasteiger partial charge in [0.25, 0.3) is 0 Å². The van der Waals surface area contributed by atoms with Gasteiger partial charge in [-0.25, -0.2) is 4.98 Å². The highest BCUT2D eigenvalue weighted by molar-refractivity contribution is 5.66. The van der Waals surface area contributed by atoms with E-state index in [4.69, 9.17) is 5.11 Å². The Labute approximate surface area is 82.8 Å². The van der Waals surface area contributed by atoms with E-state index >= 15 is 0 Å². The van der Waals surface area contributed by atoms with Gasteiger partial charge in [0.1, 0.15) is 0 Å². The molecule has 0 amide bonds. The van der Waals surface area contributed by atoms with Crippen molar-refractivity contribution < 1.29 is 9.90 Å². The summed E-state index contributed by atoms with van der Waals surface area (Å²) in [5, 5.41) is 8.54. The van der Waals surface area contributed by atoms with Gasteiger partial charge in [-0.3, -0.25) is 9.69 Å². The third kappa shape index (κ3) is 3.57. The highest BCUT2D eigenvalue weighted by atomic mass is 16.4. The number of nitrogens with zero attached hydrogens (tertiary/aromatic N) is 2. The normalized spacial score (nSPS) is 10.7. The van der Waals surface area contributed by atoms with E-state index in [1.54, 1.807) is 12.5 Å². The van der Waals surface area contributed by atoms with Crippen molar-refractivity contribution in [3.05, 3.63) is 18.2 Å². The van der Waals surface area contributed by atoms with Crippen LogP contribution in [0, 0.1) is 0 Å². The molecule has 5 nitrogen and oxygen atoms in total. The highest BCUT2D eigenvalue weighted by Gasteiger charge is 2.06. The number of hydrogen-bond acceptors (Lipinski definition) is 3. The van der Waals surface area contributed by atoms with Crippen LogP contribution < -0.4 is 0 Å². The molecule has 1 aromatic heterocycles. The van der Waals surface area contributed by atoms with Gasteiger partial charge in [0.2, 0.25) is 0 Å². The summed E-state index contributed by atoms with van der Waals surface area (Å²) in [6, 6.07) is 0. The first kappa shape index (κ1) is 10.7. The van der Waals surface area contributed by atoms with Gasteiger partial charge < -0.3 is 10.1 Å². The van der Waals surface area contributed by atoms with Crippen molar-refractivity contribution in [2.45, 2.75) is 19.9 Å². The number of carbonyl (C=O) groups is 1. The molecule has 0 bridgehead atoms. The van der Waals surface area contributed by atoms with E-state index in [1.807, 2.05) is 6.92 Å². The number of aliphatic carboxylic acids is 1. The summed E-state index contributed by atoms with van der Waals surface area (Å²) >= 11 is 0. The Bertz CT molecular complexity index is 272. The van der Waals surface area contributed by atoms with Gasteiger partial charge in [-0.15, -0.1) is 0 Å². The van der Waals surface area contributed by atoms with E-state index < -0.39 is 5.97 Å². The first-order valence-electron chi connectivity index (χ1n) is 4.63. The molecular formula is C9H15N3O2.